The molecule has 0 saturated carbocycles. The molecule has 106 valence electrons. The first kappa shape index (κ1) is 16.9. The molecular weight excluding hydrogens is 228 g/mol. The van der Waals surface area contributed by atoms with Crippen LogP contribution in [0.5, 0.6) is 0 Å². The van der Waals surface area contributed by atoms with Crippen LogP contribution in [0.15, 0.2) is 4.99 Å². The maximum Gasteiger partial charge on any atom is 0.185 e. The summed E-state index contributed by atoms with van der Waals surface area (Å²) in [6.07, 6.45) is 1.61. The molecule has 0 bridgehead atoms. The molecule has 0 radical (unpaired) electrons. The van der Waals surface area contributed by atoms with Crippen molar-refractivity contribution in [2.75, 3.05) is 13.6 Å². The van der Waals surface area contributed by atoms with Gasteiger partial charge in [-0.1, -0.05) is 13.8 Å². The van der Waals surface area contributed by atoms with Gasteiger partial charge in [0.2, 0.25) is 0 Å². The van der Waals surface area contributed by atoms with Crippen LogP contribution in [0.25, 0.3) is 0 Å². The molecule has 5 heteroatoms. The molecule has 4 N–H and O–H groups in total. The van der Waals surface area contributed by atoms with Crippen molar-refractivity contribution in [1.29, 1.82) is 0 Å². The minimum Gasteiger partial charge on any atom is -0.370 e. The summed E-state index contributed by atoms with van der Waals surface area (Å²) in [5.41, 5.74) is 10.6. The predicted molar refractivity (Wildman–Crippen MR) is 76.4 cm³/mol. The summed E-state index contributed by atoms with van der Waals surface area (Å²) >= 11 is 0. The van der Waals surface area contributed by atoms with Crippen molar-refractivity contribution in [1.82, 2.24) is 4.90 Å². The summed E-state index contributed by atoms with van der Waals surface area (Å²) in [5.74, 6) is 0.453. The molecule has 0 saturated heterocycles. The fourth-order valence-electron chi connectivity index (χ4n) is 1.78. The van der Waals surface area contributed by atoms with Crippen molar-refractivity contribution in [3.63, 3.8) is 0 Å². The molecule has 1 unspecified atom stereocenters. The Kier molecular flexibility index (Phi) is 7.59. The molecule has 0 aromatic heterocycles. The van der Waals surface area contributed by atoms with E-state index in [1.807, 2.05) is 20.9 Å². The zero-order chi connectivity index (χ0) is 14.3. The number of nitrogens with two attached hydrogens (primary N) is 2. The molecule has 18 heavy (non-hydrogen) atoms. The van der Waals surface area contributed by atoms with E-state index in [0.717, 1.165) is 12.8 Å². The van der Waals surface area contributed by atoms with E-state index in [9.17, 15) is 4.79 Å². The molecular formula is C13H28N4O. The SMILES string of the molecule is CC(C)C(=O)C(CCCN=C(N)N)N(C)C(C)C. The van der Waals surface area contributed by atoms with Crippen molar-refractivity contribution in [3.8, 4) is 0 Å². The van der Waals surface area contributed by atoms with Gasteiger partial charge in [0.25, 0.3) is 0 Å². The fourth-order valence-corrected chi connectivity index (χ4v) is 1.78. The molecule has 0 aromatic rings. The first-order valence-electron chi connectivity index (χ1n) is 6.58. The third kappa shape index (κ3) is 6.00. The second-order valence-electron chi connectivity index (χ2n) is 5.28. The van der Waals surface area contributed by atoms with E-state index in [4.69, 9.17) is 11.5 Å². The molecule has 0 amide bonds. The van der Waals surface area contributed by atoms with Gasteiger partial charge in [-0.05, 0) is 33.7 Å². The Morgan fingerprint density at radius 2 is 1.78 bits per heavy atom. The van der Waals surface area contributed by atoms with Crippen LogP contribution in [-0.4, -0.2) is 42.3 Å². The number of guanidine groups is 1. The Morgan fingerprint density at radius 1 is 1.22 bits per heavy atom. The third-order valence-electron chi connectivity index (χ3n) is 3.13. The highest BCUT2D eigenvalue weighted by molar-refractivity contribution is 5.85. The number of carbonyl (C=O) groups is 1. The standard InChI is InChI=1S/C13H28N4O/c1-9(2)12(18)11(17(5)10(3)4)7-6-8-16-13(14)15/h9-11H,6-8H2,1-5H3,(H4,14,15,16). The number of carbonyl (C=O) groups excluding carboxylic acids is 1. The summed E-state index contributed by atoms with van der Waals surface area (Å²) in [7, 11) is 2.00. The fraction of sp³-hybridized carbons (Fsp3) is 0.846. The monoisotopic (exact) mass is 256 g/mol. The maximum absolute atomic E-state index is 12.2. The van der Waals surface area contributed by atoms with Crippen molar-refractivity contribution < 1.29 is 4.79 Å². The summed E-state index contributed by atoms with van der Waals surface area (Å²) < 4.78 is 0. The van der Waals surface area contributed by atoms with Crippen LogP contribution in [0.2, 0.25) is 0 Å². The number of rotatable bonds is 8. The average molecular weight is 256 g/mol. The summed E-state index contributed by atoms with van der Waals surface area (Å²) in [4.78, 5) is 18.3. The lowest BCUT2D eigenvalue weighted by Crippen LogP contribution is -2.44. The molecule has 0 aliphatic carbocycles. The lowest BCUT2D eigenvalue weighted by molar-refractivity contribution is -0.127. The minimum atomic E-state index is -0.0424. The second kappa shape index (κ2) is 8.08. The van der Waals surface area contributed by atoms with Gasteiger partial charge in [-0.3, -0.25) is 14.7 Å². The van der Waals surface area contributed by atoms with Crippen LogP contribution in [0.3, 0.4) is 0 Å². The topological polar surface area (TPSA) is 84.7 Å². The van der Waals surface area contributed by atoms with Gasteiger partial charge in [-0.2, -0.15) is 0 Å². The first-order valence-corrected chi connectivity index (χ1v) is 6.58. The van der Waals surface area contributed by atoms with Gasteiger partial charge < -0.3 is 11.5 Å². The van der Waals surface area contributed by atoms with Crippen LogP contribution in [0.4, 0.5) is 0 Å². The lowest BCUT2D eigenvalue weighted by atomic mass is 9.96. The van der Waals surface area contributed by atoms with E-state index in [2.05, 4.69) is 23.7 Å². The molecule has 5 nitrogen and oxygen atoms in total. The largest absolute Gasteiger partial charge is 0.370 e. The molecule has 0 fully saturated rings. The van der Waals surface area contributed by atoms with E-state index in [-0.39, 0.29) is 23.7 Å². The van der Waals surface area contributed by atoms with Gasteiger partial charge in [0, 0.05) is 18.5 Å². The van der Waals surface area contributed by atoms with E-state index in [0.29, 0.717) is 12.6 Å². The van der Waals surface area contributed by atoms with E-state index in [1.54, 1.807) is 0 Å². The molecule has 0 rings (SSSR count). The number of hydrogen-bond donors (Lipinski definition) is 2. The minimum absolute atomic E-state index is 0.0424. The van der Waals surface area contributed by atoms with Gasteiger partial charge >= 0.3 is 0 Å². The number of Topliss-reactive ketones (excluding diaryl/α,β-unsaturated/α-hetero) is 1. The van der Waals surface area contributed by atoms with Crippen LogP contribution in [0.1, 0.15) is 40.5 Å². The van der Waals surface area contributed by atoms with Crippen LogP contribution in [-0.2, 0) is 4.79 Å². The second-order valence-corrected chi connectivity index (χ2v) is 5.28. The predicted octanol–water partition coefficient (Wildman–Crippen LogP) is 0.974. The quantitative estimate of drug-likeness (QED) is 0.385. The maximum atomic E-state index is 12.2. The highest BCUT2D eigenvalue weighted by Crippen LogP contribution is 2.14. The number of likely N-dealkylation sites (N-methyl/N-ethyl adjacent to an activating group) is 1. The molecule has 0 spiro atoms. The van der Waals surface area contributed by atoms with Gasteiger partial charge in [-0.25, -0.2) is 0 Å². The average Bonchev–Trinajstić information content (AvgIpc) is 2.26. The lowest BCUT2D eigenvalue weighted by Gasteiger charge is -2.31. The van der Waals surface area contributed by atoms with E-state index < -0.39 is 0 Å². The number of nitrogens with zero attached hydrogens (tertiary/aromatic N) is 2. The van der Waals surface area contributed by atoms with Crippen molar-refractivity contribution >= 4 is 11.7 Å². The number of ketones is 1. The van der Waals surface area contributed by atoms with Crippen LogP contribution in [0, 0.1) is 5.92 Å². The smallest absolute Gasteiger partial charge is 0.185 e. The Morgan fingerprint density at radius 3 is 2.17 bits per heavy atom. The Balaban J connectivity index is 4.49. The zero-order valence-electron chi connectivity index (χ0n) is 12.3. The van der Waals surface area contributed by atoms with Gasteiger partial charge in [0.1, 0.15) is 0 Å². The number of aliphatic imine (C=N–C) groups is 1. The molecule has 0 aliphatic heterocycles. The first-order chi connectivity index (χ1) is 8.27. The Labute approximate surface area is 111 Å². The number of hydrogen-bond acceptors (Lipinski definition) is 3. The van der Waals surface area contributed by atoms with Crippen molar-refractivity contribution in [2.45, 2.75) is 52.6 Å². The Bertz CT molecular complexity index is 283. The van der Waals surface area contributed by atoms with E-state index in [1.165, 1.54) is 0 Å². The van der Waals surface area contributed by atoms with Crippen molar-refractivity contribution in [3.05, 3.63) is 0 Å². The summed E-state index contributed by atoms with van der Waals surface area (Å²) in [5, 5.41) is 0. The highest BCUT2D eigenvalue weighted by Gasteiger charge is 2.26. The van der Waals surface area contributed by atoms with Gasteiger partial charge in [0.15, 0.2) is 11.7 Å². The Hall–Kier alpha value is -1.10. The zero-order valence-corrected chi connectivity index (χ0v) is 12.3. The third-order valence-corrected chi connectivity index (χ3v) is 3.13. The normalized spacial score (nSPS) is 13.1. The van der Waals surface area contributed by atoms with Gasteiger partial charge in [-0.15, -0.1) is 0 Å². The van der Waals surface area contributed by atoms with Crippen LogP contribution < -0.4 is 11.5 Å². The molecule has 0 heterocycles. The molecule has 0 aliphatic rings. The van der Waals surface area contributed by atoms with E-state index >= 15 is 0 Å². The van der Waals surface area contributed by atoms with Crippen LogP contribution >= 0.6 is 0 Å². The molecule has 1 atom stereocenters. The van der Waals surface area contributed by atoms with Crippen molar-refractivity contribution in [2.24, 2.45) is 22.4 Å². The molecule has 0 aromatic carbocycles. The summed E-state index contributed by atoms with van der Waals surface area (Å²) in [6, 6.07) is 0.306. The van der Waals surface area contributed by atoms with Gasteiger partial charge in [0.05, 0.1) is 6.04 Å². The summed E-state index contributed by atoms with van der Waals surface area (Å²) in [6.45, 7) is 8.66. The highest BCUT2D eigenvalue weighted by atomic mass is 16.1.